The monoisotopic (exact) mass is 306 g/mol. The summed E-state index contributed by atoms with van der Waals surface area (Å²) >= 11 is 1.39. The highest BCUT2D eigenvalue weighted by Crippen LogP contribution is 2.18. The van der Waals surface area contributed by atoms with Crippen molar-refractivity contribution in [1.29, 1.82) is 0 Å². The first-order valence-electron chi connectivity index (χ1n) is 7.38. The van der Waals surface area contributed by atoms with E-state index in [2.05, 4.69) is 0 Å². The first kappa shape index (κ1) is 16.0. The molecule has 0 aromatic heterocycles. The Kier molecular flexibility index (Phi) is 6.26. The molecule has 0 spiro atoms. The van der Waals surface area contributed by atoms with Crippen LogP contribution in [0.3, 0.4) is 0 Å². The summed E-state index contributed by atoms with van der Waals surface area (Å²) < 4.78 is 0. The molecule has 1 amide bonds. The maximum absolute atomic E-state index is 12.2. The van der Waals surface area contributed by atoms with Crippen molar-refractivity contribution in [1.82, 2.24) is 4.90 Å². The lowest BCUT2D eigenvalue weighted by molar-refractivity contribution is -0.131. The van der Waals surface area contributed by atoms with Crippen molar-refractivity contribution in [3.05, 3.63) is 35.9 Å². The molecule has 1 aliphatic heterocycles. The highest BCUT2D eigenvalue weighted by atomic mass is 32.2. The molecule has 1 aliphatic rings. The molecule has 0 bridgehead atoms. The molecule has 1 unspecified atom stereocenters. The first-order chi connectivity index (χ1) is 10.2. The Morgan fingerprint density at radius 3 is 2.67 bits per heavy atom. The predicted octanol–water partition coefficient (Wildman–Crippen LogP) is 1.94. The average Bonchev–Trinajstić information content (AvgIpc) is 2.55. The molecule has 0 aliphatic carbocycles. The van der Waals surface area contributed by atoms with Gasteiger partial charge in [0.25, 0.3) is 0 Å². The van der Waals surface area contributed by atoms with Gasteiger partial charge in [0, 0.05) is 24.7 Å². The summed E-state index contributed by atoms with van der Waals surface area (Å²) in [6, 6.07) is 9.37. The van der Waals surface area contributed by atoms with Gasteiger partial charge < -0.3 is 10.6 Å². The molecule has 1 saturated heterocycles. The Labute approximate surface area is 130 Å². The van der Waals surface area contributed by atoms with E-state index >= 15 is 0 Å². The van der Waals surface area contributed by atoms with E-state index < -0.39 is 0 Å². The van der Waals surface area contributed by atoms with Crippen LogP contribution < -0.4 is 5.73 Å². The zero-order valence-corrected chi connectivity index (χ0v) is 13.0. The van der Waals surface area contributed by atoms with E-state index in [1.165, 1.54) is 11.8 Å². The minimum atomic E-state index is 0.0717. The van der Waals surface area contributed by atoms with Crippen LogP contribution in [0.5, 0.6) is 0 Å². The molecule has 4 nitrogen and oxygen atoms in total. The Morgan fingerprint density at radius 1 is 1.19 bits per heavy atom. The van der Waals surface area contributed by atoms with Crippen LogP contribution in [0.4, 0.5) is 0 Å². The Bertz CT molecular complexity index is 478. The highest BCUT2D eigenvalue weighted by molar-refractivity contribution is 8.00. The number of carbonyl (C=O) groups is 2. The van der Waals surface area contributed by atoms with E-state index in [0.29, 0.717) is 23.6 Å². The minimum absolute atomic E-state index is 0.0717. The van der Waals surface area contributed by atoms with Gasteiger partial charge in [-0.3, -0.25) is 9.59 Å². The fourth-order valence-corrected chi connectivity index (χ4v) is 3.39. The second-order valence-electron chi connectivity index (χ2n) is 5.25. The summed E-state index contributed by atoms with van der Waals surface area (Å²) in [7, 11) is 0. The van der Waals surface area contributed by atoms with Crippen LogP contribution in [0.2, 0.25) is 0 Å². The number of Topliss-reactive ketones (excluding diaryl/α,β-unsaturated/α-hetero) is 1. The smallest absolute Gasteiger partial charge is 0.232 e. The first-order valence-corrected chi connectivity index (χ1v) is 8.53. The van der Waals surface area contributed by atoms with Gasteiger partial charge >= 0.3 is 0 Å². The average molecular weight is 306 g/mol. The number of hydrogen-bond acceptors (Lipinski definition) is 4. The van der Waals surface area contributed by atoms with Crippen molar-refractivity contribution < 1.29 is 9.59 Å². The molecule has 21 heavy (non-hydrogen) atoms. The summed E-state index contributed by atoms with van der Waals surface area (Å²) in [5.74, 6) is 0.879. The van der Waals surface area contributed by atoms with Crippen LogP contribution >= 0.6 is 11.8 Å². The fraction of sp³-hybridized carbons (Fsp3) is 0.500. The van der Waals surface area contributed by atoms with Crippen molar-refractivity contribution in [3.63, 3.8) is 0 Å². The third kappa shape index (κ3) is 4.58. The molecule has 114 valence electrons. The molecule has 0 saturated carbocycles. The zero-order valence-electron chi connectivity index (χ0n) is 12.2. The summed E-state index contributed by atoms with van der Waals surface area (Å²) in [5, 5.41) is 0. The maximum atomic E-state index is 12.2. The fourth-order valence-electron chi connectivity index (χ4n) is 2.60. The number of nitrogens with two attached hydrogens (primary N) is 1. The molecule has 1 heterocycles. The molecule has 5 heteroatoms. The quantitative estimate of drug-likeness (QED) is 0.816. The van der Waals surface area contributed by atoms with E-state index in [1.807, 2.05) is 23.1 Å². The number of benzene rings is 1. The number of hydrogen-bond donors (Lipinski definition) is 1. The molecule has 1 aromatic rings. The van der Waals surface area contributed by atoms with Gasteiger partial charge in [-0.1, -0.05) is 30.3 Å². The number of thioether (sulfide) groups is 1. The van der Waals surface area contributed by atoms with Crippen molar-refractivity contribution in [2.75, 3.05) is 24.6 Å². The summed E-state index contributed by atoms with van der Waals surface area (Å²) in [6.45, 7) is 1.33. The number of piperidine rings is 1. The molecule has 2 N–H and O–H groups in total. The number of amides is 1. The second kappa shape index (κ2) is 8.20. The van der Waals surface area contributed by atoms with Gasteiger partial charge in [-0.2, -0.15) is 0 Å². The minimum Gasteiger partial charge on any atom is -0.338 e. The number of likely N-dealkylation sites (tertiary alicyclic amines) is 1. The number of rotatable bonds is 6. The van der Waals surface area contributed by atoms with Crippen LogP contribution in [-0.2, 0) is 4.79 Å². The normalized spacial score (nSPS) is 18.5. The zero-order chi connectivity index (χ0) is 15.1. The van der Waals surface area contributed by atoms with Crippen LogP contribution in [0.1, 0.15) is 29.6 Å². The van der Waals surface area contributed by atoms with E-state index in [-0.39, 0.29) is 17.7 Å². The van der Waals surface area contributed by atoms with E-state index in [9.17, 15) is 9.59 Å². The largest absolute Gasteiger partial charge is 0.338 e. The van der Waals surface area contributed by atoms with Gasteiger partial charge in [0.1, 0.15) is 0 Å². The van der Waals surface area contributed by atoms with Crippen molar-refractivity contribution >= 4 is 23.5 Å². The topological polar surface area (TPSA) is 63.4 Å². The number of nitrogens with zero attached hydrogens (tertiary/aromatic N) is 1. The second-order valence-corrected chi connectivity index (χ2v) is 6.24. The van der Waals surface area contributed by atoms with Crippen LogP contribution in [0.25, 0.3) is 0 Å². The molecule has 1 atom stereocenters. The Morgan fingerprint density at radius 2 is 1.95 bits per heavy atom. The Balaban J connectivity index is 1.77. The van der Waals surface area contributed by atoms with Crippen LogP contribution in [0, 0.1) is 0 Å². The predicted molar refractivity (Wildman–Crippen MR) is 86.5 cm³/mol. The Hall–Kier alpha value is -1.33. The van der Waals surface area contributed by atoms with Gasteiger partial charge in [0.2, 0.25) is 5.91 Å². The number of carbonyl (C=O) groups excluding carboxylic acids is 2. The van der Waals surface area contributed by atoms with Gasteiger partial charge in [-0.05, 0) is 19.3 Å². The van der Waals surface area contributed by atoms with Crippen molar-refractivity contribution in [2.24, 2.45) is 5.73 Å². The lowest BCUT2D eigenvalue weighted by Gasteiger charge is -2.35. The maximum Gasteiger partial charge on any atom is 0.232 e. The van der Waals surface area contributed by atoms with E-state index in [4.69, 9.17) is 5.73 Å². The molecular weight excluding hydrogens is 284 g/mol. The van der Waals surface area contributed by atoms with Gasteiger partial charge in [-0.25, -0.2) is 0 Å². The van der Waals surface area contributed by atoms with Gasteiger partial charge in [-0.15, -0.1) is 11.8 Å². The summed E-state index contributed by atoms with van der Waals surface area (Å²) in [6.07, 6.45) is 3.19. The molecule has 1 fully saturated rings. The third-order valence-corrected chi connectivity index (χ3v) is 4.69. The van der Waals surface area contributed by atoms with Crippen molar-refractivity contribution in [2.45, 2.75) is 25.3 Å². The molecular formula is C16H22N2O2S. The lowest BCUT2D eigenvalue weighted by atomic mass is 10.0. The van der Waals surface area contributed by atoms with Crippen molar-refractivity contribution in [3.8, 4) is 0 Å². The van der Waals surface area contributed by atoms with Gasteiger partial charge in [0.15, 0.2) is 5.78 Å². The SMILES string of the molecule is NCC1CCCCN1C(=O)CSCC(=O)c1ccccc1. The highest BCUT2D eigenvalue weighted by Gasteiger charge is 2.25. The van der Waals surface area contributed by atoms with Crippen LogP contribution in [0.15, 0.2) is 30.3 Å². The summed E-state index contributed by atoms with van der Waals surface area (Å²) in [5.41, 5.74) is 6.43. The molecule has 2 rings (SSSR count). The lowest BCUT2D eigenvalue weighted by Crippen LogP contribution is -2.48. The molecule has 1 aromatic carbocycles. The third-order valence-electron chi connectivity index (χ3n) is 3.77. The molecule has 0 radical (unpaired) electrons. The number of ketones is 1. The van der Waals surface area contributed by atoms with Crippen LogP contribution in [-0.4, -0.2) is 47.2 Å². The van der Waals surface area contributed by atoms with E-state index in [1.54, 1.807) is 12.1 Å². The standard InChI is InChI=1S/C16H22N2O2S/c17-10-14-8-4-5-9-18(14)16(20)12-21-11-15(19)13-6-2-1-3-7-13/h1-3,6-7,14H,4-5,8-12,17H2. The summed E-state index contributed by atoms with van der Waals surface area (Å²) in [4.78, 5) is 26.1. The van der Waals surface area contributed by atoms with Gasteiger partial charge in [0.05, 0.1) is 11.5 Å². The van der Waals surface area contributed by atoms with E-state index in [0.717, 1.165) is 25.8 Å².